The van der Waals surface area contributed by atoms with Crippen molar-refractivity contribution < 1.29 is 0 Å². The number of hydrogen-bond donors (Lipinski definition) is 0. The van der Waals surface area contributed by atoms with Crippen LogP contribution in [0.15, 0.2) is 18.5 Å². The van der Waals surface area contributed by atoms with Gasteiger partial charge in [-0.1, -0.05) is 25.7 Å². The van der Waals surface area contributed by atoms with E-state index in [1.54, 1.807) is 0 Å². The Morgan fingerprint density at radius 1 is 1.08 bits per heavy atom. The Kier molecular flexibility index (Phi) is 2.45. The highest BCUT2D eigenvalue weighted by Crippen LogP contribution is 2.25. The van der Waals surface area contributed by atoms with E-state index in [0.29, 0.717) is 6.04 Å². The lowest BCUT2D eigenvalue weighted by atomic mass is 10.1. The van der Waals surface area contributed by atoms with Crippen molar-refractivity contribution in [3.05, 3.63) is 18.5 Å². The summed E-state index contributed by atoms with van der Waals surface area (Å²) in [7, 11) is 0. The molecule has 0 bridgehead atoms. The van der Waals surface area contributed by atoms with Gasteiger partial charge in [-0.25, -0.2) is 0 Å². The number of hydrogen-bond acceptors (Lipinski definition) is 1. The SMILES string of the molecule is c1cnn(C2CCCCCC2)c1. The van der Waals surface area contributed by atoms with Crippen LogP contribution in [0.3, 0.4) is 0 Å². The maximum Gasteiger partial charge on any atom is 0.0519 e. The molecule has 1 aliphatic carbocycles. The zero-order valence-electron chi connectivity index (χ0n) is 7.45. The average Bonchev–Trinajstić information content (AvgIpc) is 2.48. The minimum atomic E-state index is 0.683. The van der Waals surface area contributed by atoms with Crippen LogP contribution in [0.1, 0.15) is 44.6 Å². The molecule has 1 aromatic rings. The van der Waals surface area contributed by atoms with Crippen molar-refractivity contribution in [2.45, 2.75) is 44.6 Å². The first-order chi connectivity index (χ1) is 5.97. The van der Waals surface area contributed by atoms with Gasteiger partial charge in [-0.2, -0.15) is 5.10 Å². The molecule has 1 aromatic heterocycles. The molecular formula is C10H16N2. The second kappa shape index (κ2) is 3.74. The monoisotopic (exact) mass is 164 g/mol. The lowest BCUT2D eigenvalue weighted by Crippen LogP contribution is -2.07. The summed E-state index contributed by atoms with van der Waals surface area (Å²) in [6.45, 7) is 0. The Labute approximate surface area is 73.6 Å². The molecule has 66 valence electrons. The van der Waals surface area contributed by atoms with Crippen molar-refractivity contribution in [3.8, 4) is 0 Å². The van der Waals surface area contributed by atoms with E-state index in [1.165, 1.54) is 38.5 Å². The highest BCUT2D eigenvalue weighted by Gasteiger charge is 2.13. The van der Waals surface area contributed by atoms with Crippen LogP contribution in [0.2, 0.25) is 0 Å². The standard InChI is InChI=1S/C10H16N2/c1-2-4-7-10(6-3-1)12-9-5-8-11-12/h5,8-10H,1-4,6-7H2. The summed E-state index contributed by atoms with van der Waals surface area (Å²) in [6, 6.07) is 2.70. The van der Waals surface area contributed by atoms with Gasteiger partial charge in [0.25, 0.3) is 0 Å². The van der Waals surface area contributed by atoms with Gasteiger partial charge in [-0.05, 0) is 18.9 Å². The summed E-state index contributed by atoms with van der Waals surface area (Å²) in [5.41, 5.74) is 0. The minimum Gasteiger partial charge on any atom is -0.270 e. The highest BCUT2D eigenvalue weighted by molar-refractivity contribution is 4.82. The summed E-state index contributed by atoms with van der Waals surface area (Å²) in [5.74, 6) is 0. The van der Waals surface area contributed by atoms with E-state index in [1.807, 2.05) is 12.3 Å². The molecule has 0 spiro atoms. The lowest BCUT2D eigenvalue weighted by molar-refractivity contribution is 0.405. The quantitative estimate of drug-likeness (QED) is 0.583. The van der Waals surface area contributed by atoms with Crippen LogP contribution < -0.4 is 0 Å². The molecule has 2 nitrogen and oxygen atoms in total. The minimum absolute atomic E-state index is 0.683. The van der Waals surface area contributed by atoms with Crippen LogP contribution in [-0.4, -0.2) is 9.78 Å². The van der Waals surface area contributed by atoms with Crippen molar-refractivity contribution in [1.29, 1.82) is 0 Å². The molecule has 0 aliphatic heterocycles. The van der Waals surface area contributed by atoms with Crippen molar-refractivity contribution in [2.75, 3.05) is 0 Å². The molecule has 0 atom stereocenters. The molecular weight excluding hydrogens is 148 g/mol. The maximum absolute atomic E-state index is 4.30. The molecule has 0 amide bonds. The number of aromatic nitrogens is 2. The van der Waals surface area contributed by atoms with Gasteiger partial charge in [0, 0.05) is 12.4 Å². The molecule has 0 N–H and O–H groups in total. The van der Waals surface area contributed by atoms with Crippen LogP contribution in [0, 0.1) is 0 Å². The number of nitrogens with zero attached hydrogens (tertiary/aromatic N) is 2. The van der Waals surface area contributed by atoms with E-state index < -0.39 is 0 Å². The first-order valence-electron chi connectivity index (χ1n) is 4.96. The Hall–Kier alpha value is -0.790. The third-order valence-electron chi connectivity index (χ3n) is 2.72. The second-order valence-electron chi connectivity index (χ2n) is 3.63. The van der Waals surface area contributed by atoms with Gasteiger partial charge < -0.3 is 0 Å². The normalized spacial score (nSPS) is 20.7. The predicted octanol–water partition coefficient (Wildman–Crippen LogP) is 2.78. The Morgan fingerprint density at radius 2 is 1.83 bits per heavy atom. The van der Waals surface area contributed by atoms with Gasteiger partial charge in [0.15, 0.2) is 0 Å². The summed E-state index contributed by atoms with van der Waals surface area (Å²) in [5, 5.41) is 4.30. The van der Waals surface area contributed by atoms with Crippen LogP contribution in [0.5, 0.6) is 0 Å². The second-order valence-corrected chi connectivity index (χ2v) is 3.63. The number of rotatable bonds is 1. The molecule has 2 rings (SSSR count). The first-order valence-corrected chi connectivity index (χ1v) is 4.96. The third-order valence-corrected chi connectivity index (χ3v) is 2.72. The Morgan fingerprint density at radius 3 is 2.42 bits per heavy atom. The maximum atomic E-state index is 4.30. The fourth-order valence-corrected chi connectivity index (χ4v) is 2.02. The molecule has 1 saturated carbocycles. The van der Waals surface area contributed by atoms with Crippen LogP contribution >= 0.6 is 0 Å². The Bertz CT molecular complexity index is 208. The van der Waals surface area contributed by atoms with Crippen molar-refractivity contribution in [1.82, 2.24) is 9.78 Å². The van der Waals surface area contributed by atoms with E-state index in [0.717, 1.165) is 0 Å². The fourth-order valence-electron chi connectivity index (χ4n) is 2.02. The third kappa shape index (κ3) is 1.68. The first kappa shape index (κ1) is 7.84. The van der Waals surface area contributed by atoms with Gasteiger partial charge in [0.1, 0.15) is 0 Å². The van der Waals surface area contributed by atoms with E-state index in [9.17, 15) is 0 Å². The zero-order chi connectivity index (χ0) is 8.23. The van der Waals surface area contributed by atoms with Gasteiger partial charge in [-0.15, -0.1) is 0 Å². The predicted molar refractivity (Wildman–Crippen MR) is 49.0 cm³/mol. The molecule has 1 fully saturated rings. The van der Waals surface area contributed by atoms with Crippen LogP contribution in [0.4, 0.5) is 0 Å². The topological polar surface area (TPSA) is 17.8 Å². The smallest absolute Gasteiger partial charge is 0.0519 e. The molecule has 0 aromatic carbocycles. The summed E-state index contributed by atoms with van der Waals surface area (Å²) < 4.78 is 2.13. The van der Waals surface area contributed by atoms with Crippen molar-refractivity contribution in [2.24, 2.45) is 0 Å². The van der Waals surface area contributed by atoms with E-state index in [2.05, 4.69) is 16.0 Å². The molecule has 0 unspecified atom stereocenters. The Balaban J connectivity index is 2.02. The molecule has 0 radical (unpaired) electrons. The molecule has 12 heavy (non-hydrogen) atoms. The fraction of sp³-hybridized carbons (Fsp3) is 0.700. The lowest BCUT2D eigenvalue weighted by Gasteiger charge is -2.13. The van der Waals surface area contributed by atoms with Gasteiger partial charge >= 0.3 is 0 Å². The molecule has 2 heteroatoms. The zero-order valence-corrected chi connectivity index (χ0v) is 7.45. The summed E-state index contributed by atoms with van der Waals surface area (Å²) >= 11 is 0. The molecule has 1 aliphatic rings. The van der Waals surface area contributed by atoms with E-state index in [4.69, 9.17) is 0 Å². The highest BCUT2D eigenvalue weighted by atomic mass is 15.3. The summed E-state index contributed by atoms with van der Waals surface area (Å²) in [4.78, 5) is 0. The van der Waals surface area contributed by atoms with Gasteiger partial charge in [0.05, 0.1) is 6.04 Å². The van der Waals surface area contributed by atoms with Gasteiger partial charge in [0.2, 0.25) is 0 Å². The van der Waals surface area contributed by atoms with Gasteiger partial charge in [-0.3, -0.25) is 4.68 Å². The average molecular weight is 164 g/mol. The van der Waals surface area contributed by atoms with Crippen molar-refractivity contribution in [3.63, 3.8) is 0 Å². The summed E-state index contributed by atoms with van der Waals surface area (Å²) in [6.07, 6.45) is 12.2. The largest absolute Gasteiger partial charge is 0.270 e. The molecule has 1 heterocycles. The van der Waals surface area contributed by atoms with E-state index in [-0.39, 0.29) is 0 Å². The van der Waals surface area contributed by atoms with Crippen LogP contribution in [0.25, 0.3) is 0 Å². The van der Waals surface area contributed by atoms with Crippen molar-refractivity contribution >= 4 is 0 Å². The van der Waals surface area contributed by atoms with Crippen LogP contribution in [-0.2, 0) is 0 Å². The molecule has 0 saturated heterocycles. The van der Waals surface area contributed by atoms with E-state index >= 15 is 0 Å².